The zero-order valence-corrected chi connectivity index (χ0v) is 24.6. The highest BCUT2D eigenvalue weighted by Crippen LogP contribution is 2.37. The third-order valence-electron chi connectivity index (χ3n) is 7.66. The lowest BCUT2D eigenvalue weighted by Crippen LogP contribution is -2.58. The molecule has 44 heavy (non-hydrogen) atoms. The van der Waals surface area contributed by atoms with Crippen LogP contribution < -0.4 is 10.6 Å². The molecule has 2 aromatic heterocycles. The number of nitrogens with one attached hydrogen (secondary N) is 2. The summed E-state index contributed by atoms with van der Waals surface area (Å²) in [7, 11) is 0. The Balaban J connectivity index is 1.42. The molecule has 10 nitrogen and oxygen atoms in total. The Kier molecular flexibility index (Phi) is 7.16. The SMILES string of the molecule is CC(C)(C)CNc1c(C#N)cnc2c(C#N)cc(NC(c3cccc(C(=O)N4CC(F)(F)C4)c3)c3cn(C4CC4)nn3)cc12. The zero-order chi connectivity index (χ0) is 31.2. The number of hydrogen-bond donors (Lipinski definition) is 2. The molecule has 0 bridgehead atoms. The van der Waals surface area contributed by atoms with Crippen molar-refractivity contribution in [2.75, 3.05) is 30.3 Å². The summed E-state index contributed by atoms with van der Waals surface area (Å²) >= 11 is 0. The number of anilines is 2. The van der Waals surface area contributed by atoms with Crippen LogP contribution in [0, 0.1) is 28.1 Å². The fraction of sp³-hybridized carbons (Fsp3) is 0.375. The molecule has 1 saturated carbocycles. The molecule has 1 atom stereocenters. The van der Waals surface area contributed by atoms with E-state index in [0.29, 0.717) is 51.2 Å². The minimum Gasteiger partial charge on any atom is -0.383 e. The molecule has 1 saturated heterocycles. The summed E-state index contributed by atoms with van der Waals surface area (Å²) in [6, 6.07) is 14.4. The Morgan fingerprint density at radius 3 is 2.55 bits per heavy atom. The summed E-state index contributed by atoms with van der Waals surface area (Å²) in [4.78, 5) is 18.6. The quantitative estimate of drug-likeness (QED) is 0.267. The van der Waals surface area contributed by atoms with Crippen molar-refractivity contribution in [3.63, 3.8) is 0 Å². The highest BCUT2D eigenvalue weighted by Gasteiger charge is 2.46. The van der Waals surface area contributed by atoms with E-state index in [1.807, 2.05) is 23.0 Å². The second-order valence-electron chi connectivity index (χ2n) is 12.7. The number of aromatic nitrogens is 4. The minimum absolute atomic E-state index is 0.0802. The summed E-state index contributed by atoms with van der Waals surface area (Å²) in [5, 5.41) is 36.2. The maximum atomic E-state index is 13.5. The molecule has 1 amide bonds. The Hall–Kier alpha value is -5.10. The predicted molar refractivity (Wildman–Crippen MR) is 160 cm³/mol. The summed E-state index contributed by atoms with van der Waals surface area (Å²) in [5.74, 6) is -3.34. The first-order valence-corrected chi connectivity index (χ1v) is 14.4. The second-order valence-corrected chi connectivity index (χ2v) is 12.7. The third-order valence-corrected chi connectivity index (χ3v) is 7.66. The van der Waals surface area contributed by atoms with Crippen molar-refractivity contribution in [2.45, 2.75) is 51.6 Å². The number of likely N-dealkylation sites (tertiary alicyclic amines) is 1. The fourth-order valence-corrected chi connectivity index (χ4v) is 5.22. The maximum absolute atomic E-state index is 13.5. The fourth-order valence-electron chi connectivity index (χ4n) is 5.22. The highest BCUT2D eigenvalue weighted by molar-refractivity contribution is 5.99. The number of nitrogens with zero attached hydrogens (tertiary/aromatic N) is 7. The summed E-state index contributed by atoms with van der Waals surface area (Å²) in [6.07, 6.45) is 5.36. The standard InChI is InChI=1S/C32H31F2N9O/c1-31(2,3)16-38-28-22(13-36)14-37-27-21(12-35)10-23(11-25(27)28)39-29(26-15-43(41-40-26)24-7-8-24)19-5-4-6-20(9-19)30(44)42-17-32(33,34)18-42/h4-6,9-11,14-15,24,29,39H,7-8,16-18H2,1-3H3,(H,37,38). The van der Waals surface area contributed by atoms with Gasteiger partial charge in [0.25, 0.3) is 11.8 Å². The van der Waals surface area contributed by atoms with Gasteiger partial charge in [0, 0.05) is 29.4 Å². The van der Waals surface area contributed by atoms with Gasteiger partial charge in [-0.25, -0.2) is 13.5 Å². The van der Waals surface area contributed by atoms with Gasteiger partial charge in [0.2, 0.25) is 0 Å². The molecular formula is C32H31F2N9O. The van der Waals surface area contributed by atoms with Crippen molar-refractivity contribution < 1.29 is 13.6 Å². The van der Waals surface area contributed by atoms with E-state index in [1.165, 1.54) is 6.20 Å². The number of carbonyl (C=O) groups is 1. The summed E-state index contributed by atoms with van der Waals surface area (Å²) in [5.41, 5.74) is 3.74. The first-order valence-electron chi connectivity index (χ1n) is 14.4. The van der Waals surface area contributed by atoms with Gasteiger partial charge >= 0.3 is 0 Å². The normalized spacial score (nSPS) is 16.5. The monoisotopic (exact) mass is 595 g/mol. The van der Waals surface area contributed by atoms with Crippen LogP contribution in [0.1, 0.15) is 78.4 Å². The van der Waals surface area contributed by atoms with Gasteiger partial charge in [-0.1, -0.05) is 38.1 Å². The van der Waals surface area contributed by atoms with Crippen LogP contribution in [-0.4, -0.2) is 56.3 Å². The molecule has 1 unspecified atom stereocenters. The van der Waals surface area contributed by atoms with Crippen molar-refractivity contribution in [3.8, 4) is 12.1 Å². The highest BCUT2D eigenvalue weighted by atomic mass is 19.3. The van der Waals surface area contributed by atoms with E-state index in [0.717, 1.165) is 17.7 Å². The van der Waals surface area contributed by atoms with Crippen LogP contribution in [0.5, 0.6) is 0 Å². The molecule has 2 N–H and O–H groups in total. The van der Waals surface area contributed by atoms with Gasteiger partial charge in [0.15, 0.2) is 0 Å². The van der Waals surface area contributed by atoms with E-state index < -0.39 is 31.0 Å². The molecule has 2 aromatic carbocycles. The molecule has 224 valence electrons. The first kappa shape index (κ1) is 29.0. The van der Waals surface area contributed by atoms with Crippen molar-refractivity contribution in [3.05, 3.63) is 76.7 Å². The van der Waals surface area contributed by atoms with Gasteiger partial charge in [-0.3, -0.25) is 9.78 Å². The molecule has 2 fully saturated rings. The molecule has 1 aliphatic carbocycles. The topological polar surface area (TPSA) is 136 Å². The van der Waals surface area contributed by atoms with E-state index in [1.54, 1.807) is 24.3 Å². The molecule has 12 heteroatoms. The van der Waals surface area contributed by atoms with E-state index in [9.17, 15) is 24.1 Å². The van der Waals surface area contributed by atoms with Crippen LogP contribution in [0.15, 0.2) is 48.8 Å². The predicted octanol–water partition coefficient (Wildman–Crippen LogP) is 5.66. The number of pyridine rings is 1. The van der Waals surface area contributed by atoms with Crippen LogP contribution in [0.3, 0.4) is 0 Å². The lowest BCUT2D eigenvalue weighted by molar-refractivity contribution is -0.113. The van der Waals surface area contributed by atoms with Gasteiger partial charge in [0.1, 0.15) is 17.8 Å². The van der Waals surface area contributed by atoms with E-state index in [2.05, 4.69) is 58.8 Å². The minimum atomic E-state index is -2.87. The number of halogens is 2. The lowest BCUT2D eigenvalue weighted by atomic mass is 9.96. The third kappa shape index (κ3) is 5.88. The van der Waals surface area contributed by atoms with Gasteiger partial charge < -0.3 is 15.5 Å². The molecule has 4 aromatic rings. The van der Waals surface area contributed by atoms with Crippen LogP contribution in [0.2, 0.25) is 0 Å². The van der Waals surface area contributed by atoms with Crippen molar-refractivity contribution in [2.24, 2.45) is 5.41 Å². The molecule has 2 aliphatic rings. The average Bonchev–Trinajstić information content (AvgIpc) is 3.72. The van der Waals surface area contributed by atoms with Gasteiger partial charge in [0.05, 0.1) is 53.7 Å². The van der Waals surface area contributed by atoms with E-state index in [4.69, 9.17) is 0 Å². The number of benzene rings is 2. The number of carbonyl (C=O) groups excluding carboxylic acids is 1. The van der Waals surface area contributed by atoms with Crippen molar-refractivity contribution >= 4 is 28.2 Å². The molecule has 1 aliphatic heterocycles. The lowest BCUT2D eigenvalue weighted by Gasteiger charge is -2.38. The number of nitriles is 2. The second kappa shape index (κ2) is 10.9. The Morgan fingerprint density at radius 1 is 1.14 bits per heavy atom. The summed E-state index contributed by atoms with van der Waals surface area (Å²) in [6.45, 7) is 5.60. The number of amides is 1. The first-order chi connectivity index (χ1) is 20.9. The molecule has 3 heterocycles. The van der Waals surface area contributed by atoms with Crippen molar-refractivity contribution in [1.82, 2.24) is 24.9 Å². The summed E-state index contributed by atoms with van der Waals surface area (Å²) < 4.78 is 28.8. The van der Waals surface area contributed by atoms with E-state index >= 15 is 0 Å². The molecule has 0 spiro atoms. The van der Waals surface area contributed by atoms with Gasteiger partial charge in [-0.05, 0) is 48.1 Å². The zero-order valence-electron chi connectivity index (χ0n) is 24.6. The largest absolute Gasteiger partial charge is 0.383 e. The van der Waals surface area contributed by atoms with Crippen LogP contribution in [-0.2, 0) is 0 Å². The van der Waals surface area contributed by atoms with E-state index in [-0.39, 0.29) is 17.0 Å². The smallest absolute Gasteiger partial charge is 0.282 e. The van der Waals surface area contributed by atoms with Crippen LogP contribution in [0.4, 0.5) is 20.2 Å². The number of rotatable bonds is 8. The van der Waals surface area contributed by atoms with Crippen molar-refractivity contribution in [1.29, 1.82) is 10.5 Å². The van der Waals surface area contributed by atoms with Gasteiger partial charge in [-0.15, -0.1) is 5.10 Å². The Labute approximate surface area is 253 Å². The number of alkyl halides is 2. The van der Waals surface area contributed by atoms with Crippen LogP contribution in [0.25, 0.3) is 10.9 Å². The number of hydrogen-bond acceptors (Lipinski definition) is 8. The molecule has 6 rings (SSSR count). The average molecular weight is 596 g/mol. The van der Waals surface area contributed by atoms with Crippen LogP contribution >= 0.6 is 0 Å². The Bertz CT molecular complexity index is 1840. The number of fused-ring (bicyclic) bond motifs is 1. The Morgan fingerprint density at radius 2 is 1.89 bits per heavy atom. The maximum Gasteiger partial charge on any atom is 0.282 e. The molecule has 0 radical (unpaired) electrons. The van der Waals surface area contributed by atoms with Gasteiger partial charge in [-0.2, -0.15) is 10.5 Å². The molecular weight excluding hydrogens is 564 g/mol.